The predicted molar refractivity (Wildman–Crippen MR) is 39.5 cm³/mol. The SMILES string of the molecule is C=CC(CBr)OC(C)=O. The Bertz CT molecular complexity index is 112. The third-order valence-corrected chi connectivity index (χ3v) is 1.37. The fourth-order valence-corrected chi connectivity index (χ4v) is 0.752. The van der Waals surface area contributed by atoms with E-state index in [2.05, 4.69) is 22.5 Å². The number of rotatable bonds is 3. The normalized spacial score (nSPS) is 12.2. The molecule has 0 aliphatic heterocycles. The average molecular weight is 193 g/mol. The molecule has 0 heterocycles. The first-order valence-electron chi connectivity index (χ1n) is 2.56. The van der Waals surface area contributed by atoms with Crippen LogP contribution in [0.1, 0.15) is 6.92 Å². The van der Waals surface area contributed by atoms with E-state index in [1.807, 2.05) is 0 Å². The van der Waals surface area contributed by atoms with Gasteiger partial charge in [-0.1, -0.05) is 28.6 Å². The van der Waals surface area contributed by atoms with E-state index in [0.717, 1.165) is 0 Å². The summed E-state index contributed by atoms with van der Waals surface area (Å²) in [6, 6.07) is 0. The zero-order chi connectivity index (χ0) is 7.28. The summed E-state index contributed by atoms with van der Waals surface area (Å²) in [7, 11) is 0. The largest absolute Gasteiger partial charge is 0.457 e. The molecular formula is C6H9BrO2. The molecule has 0 N–H and O–H groups in total. The van der Waals surface area contributed by atoms with E-state index >= 15 is 0 Å². The van der Waals surface area contributed by atoms with Crippen LogP contribution < -0.4 is 0 Å². The quantitative estimate of drug-likeness (QED) is 0.385. The highest BCUT2D eigenvalue weighted by Crippen LogP contribution is 1.97. The van der Waals surface area contributed by atoms with Crippen LogP contribution in [0.3, 0.4) is 0 Å². The van der Waals surface area contributed by atoms with Gasteiger partial charge in [-0.25, -0.2) is 0 Å². The van der Waals surface area contributed by atoms with Crippen molar-refractivity contribution in [1.29, 1.82) is 0 Å². The highest BCUT2D eigenvalue weighted by Gasteiger charge is 2.02. The summed E-state index contributed by atoms with van der Waals surface area (Å²) in [5, 5.41) is 0.607. The van der Waals surface area contributed by atoms with E-state index in [1.54, 1.807) is 6.08 Å². The van der Waals surface area contributed by atoms with E-state index in [9.17, 15) is 4.79 Å². The maximum absolute atomic E-state index is 10.3. The van der Waals surface area contributed by atoms with Crippen LogP contribution in [-0.2, 0) is 9.53 Å². The zero-order valence-corrected chi connectivity index (χ0v) is 6.85. The van der Waals surface area contributed by atoms with E-state index in [-0.39, 0.29) is 12.1 Å². The third-order valence-electron chi connectivity index (χ3n) is 0.732. The van der Waals surface area contributed by atoms with Gasteiger partial charge in [-0.2, -0.15) is 0 Å². The minimum atomic E-state index is -0.278. The lowest BCUT2D eigenvalue weighted by Crippen LogP contribution is -2.14. The van der Waals surface area contributed by atoms with Crippen LogP contribution in [0.25, 0.3) is 0 Å². The Morgan fingerprint density at radius 2 is 2.56 bits per heavy atom. The number of hydrogen-bond donors (Lipinski definition) is 0. The second-order valence-electron chi connectivity index (χ2n) is 1.54. The Morgan fingerprint density at radius 1 is 2.00 bits per heavy atom. The number of carbonyl (C=O) groups is 1. The monoisotopic (exact) mass is 192 g/mol. The highest BCUT2D eigenvalue weighted by molar-refractivity contribution is 9.09. The summed E-state index contributed by atoms with van der Waals surface area (Å²) in [4.78, 5) is 10.3. The van der Waals surface area contributed by atoms with E-state index in [4.69, 9.17) is 4.74 Å². The maximum Gasteiger partial charge on any atom is 0.303 e. The molecule has 0 rings (SSSR count). The van der Waals surface area contributed by atoms with Crippen LogP contribution in [-0.4, -0.2) is 17.4 Å². The molecule has 0 amide bonds. The molecule has 0 saturated carbocycles. The Morgan fingerprint density at radius 3 is 2.67 bits per heavy atom. The van der Waals surface area contributed by atoms with Crippen LogP contribution in [0.15, 0.2) is 12.7 Å². The maximum atomic E-state index is 10.3. The molecule has 0 spiro atoms. The molecule has 0 aliphatic rings. The van der Waals surface area contributed by atoms with Crippen molar-refractivity contribution in [3.8, 4) is 0 Å². The molecule has 1 atom stereocenters. The highest BCUT2D eigenvalue weighted by atomic mass is 79.9. The Balaban J connectivity index is 3.55. The van der Waals surface area contributed by atoms with Crippen molar-refractivity contribution in [2.75, 3.05) is 5.33 Å². The summed E-state index contributed by atoms with van der Waals surface area (Å²) in [6.07, 6.45) is 1.39. The average Bonchev–Trinajstić information content (AvgIpc) is 1.82. The number of halogens is 1. The summed E-state index contributed by atoms with van der Waals surface area (Å²) < 4.78 is 4.74. The first-order chi connectivity index (χ1) is 4.20. The van der Waals surface area contributed by atoms with Gasteiger partial charge in [-0.3, -0.25) is 4.79 Å². The molecule has 52 valence electrons. The molecule has 9 heavy (non-hydrogen) atoms. The molecule has 0 aliphatic carbocycles. The molecule has 0 bridgehead atoms. The van der Waals surface area contributed by atoms with Gasteiger partial charge in [0.25, 0.3) is 0 Å². The number of esters is 1. The van der Waals surface area contributed by atoms with Crippen LogP contribution in [0.2, 0.25) is 0 Å². The lowest BCUT2D eigenvalue weighted by molar-refractivity contribution is -0.143. The van der Waals surface area contributed by atoms with Gasteiger partial charge in [0.1, 0.15) is 6.10 Å². The molecule has 3 heteroatoms. The van der Waals surface area contributed by atoms with Gasteiger partial charge in [-0.05, 0) is 0 Å². The van der Waals surface area contributed by atoms with E-state index in [0.29, 0.717) is 5.33 Å². The van der Waals surface area contributed by atoms with Gasteiger partial charge in [0.05, 0.1) is 0 Å². The smallest absolute Gasteiger partial charge is 0.303 e. The van der Waals surface area contributed by atoms with Crippen molar-refractivity contribution in [3.63, 3.8) is 0 Å². The molecule has 0 fully saturated rings. The van der Waals surface area contributed by atoms with Crippen molar-refractivity contribution in [2.24, 2.45) is 0 Å². The first kappa shape index (κ1) is 8.69. The van der Waals surface area contributed by atoms with Crippen molar-refractivity contribution < 1.29 is 9.53 Å². The Labute approximate surface area is 63.0 Å². The zero-order valence-electron chi connectivity index (χ0n) is 5.26. The topological polar surface area (TPSA) is 26.3 Å². The number of alkyl halides is 1. The molecule has 0 aromatic carbocycles. The second-order valence-corrected chi connectivity index (χ2v) is 2.19. The van der Waals surface area contributed by atoms with Crippen molar-refractivity contribution >= 4 is 21.9 Å². The molecule has 0 radical (unpaired) electrons. The van der Waals surface area contributed by atoms with Crippen LogP contribution in [0.4, 0.5) is 0 Å². The molecule has 0 aromatic heterocycles. The Kier molecular flexibility index (Phi) is 4.40. The number of ether oxygens (including phenoxy) is 1. The summed E-state index contributed by atoms with van der Waals surface area (Å²) in [5.41, 5.74) is 0. The molecular weight excluding hydrogens is 184 g/mol. The van der Waals surface area contributed by atoms with Gasteiger partial charge in [-0.15, -0.1) is 0 Å². The molecule has 1 unspecified atom stereocenters. The fraction of sp³-hybridized carbons (Fsp3) is 0.500. The molecule has 2 nitrogen and oxygen atoms in total. The van der Waals surface area contributed by atoms with Gasteiger partial charge in [0.15, 0.2) is 0 Å². The lowest BCUT2D eigenvalue weighted by Gasteiger charge is -2.07. The predicted octanol–water partition coefficient (Wildman–Crippen LogP) is 1.50. The van der Waals surface area contributed by atoms with Gasteiger partial charge < -0.3 is 4.74 Å². The fourth-order valence-electron chi connectivity index (χ4n) is 0.356. The van der Waals surface area contributed by atoms with Crippen LogP contribution in [0.5, 0.6) is 0 Å². The second kappa shape index (κ2) is 4.56. The molecule has 0 saturated heterocycles. The summed E-state index contributed by atoms with van der Waals surface area (Å²) in [5.74, 6) is -0.278. The summed E-state index contributed by atoms with van der Waals surface area (Å²) >= 11 is 3.16. The van der Waals surface area contributed by atoms with E-state index in [1.165, 1.54) is 6.92 Å². The third kappa shape index (κ3) is 4.21. The van der Waals surface area contributed by atoms with Crippen LogP contribution in [0, 0.1) is 0 Å². The first-order valence-corrected chi connectivity index (χ1v) is 3.68. The van der Waals surface area contributed by atoms with Crippen LogP contribution >= 0.6 is 15.9 Å². The number of hydrogen-bond acceptors (Lipinski definition) is 2. The Hall–Kier alpha value is -0.310. The van der Waals surface area contributed by atoms with Crippen molar-refractivity contribution in [3.05, 3.63) is 12.7 Å². The standard InChI is InChI=1S/C6H9BrO2/c1-3-6(4-7)9-5(2)8/h3,6H,1,4H2,2H3. The lowest BCUT2D eigenvalue weighted by atomic mass is 10.4. The minimum absolute atomic E-state index is 0.192. The van der Waals surface area contributed by atoms with Crippen molar-refractivity contribution in [1.82, 2.24) is 0 Å². The number of carbonyl (C=O) groups excluding carboxylic acids is 1. The minimum Gasteiger partial charge on any atom is -0.457 e. The van der Waals surface area contributed by atoms with Gasteiger partial charge in [0, 0.05) is 12.3 Å². The van der Waals surface area contributed by atoms with Crippen molar-refractivity contribution in [2.45, 2.75) is 13.0 Å². The molecule has 0 aromatic rings. The summed E-state index contributed by atoms with van der Waals surface area (Å²) in [6.45, 7) is 4.85. The van der Waals surface area contributed by atoms with Gasteiger partial charge >= 0.3 is 5.97 Å². The van der Waals surface area contributed by atoms with E-state index < -0.39 is 0 Å². The van der Waals surface area contributed by atoms with Gasteiger partial charge in [0.2, 0.25) is 0 Å².